The lowest BCUT2D eigenvalue weighted by molar-refractivity contribution is 0.222. The molecule has 0 aliphatic rings. The van der Waals surface area contributed by atoms with Crippen molar-refractivity contribution < 1.29 is 9.63 Å². The van der Waals surface area contributed by atoms with Crippen molar-refractivity contribution in [1.82, 2.24) is 10.1 Å². The molecular weight excluding hydrogens is 224 g/mol. The van der Waals surface area contributed by atoms with Gasteiger partial charge in [-0.15, -0.1) is 11.8 Å². The third kappa shape index (κ3) is 2.84. The van der Waals surface area contributed by atoms with E-state index in [-0.39, 0.29) is 12.5 Å². The van der Waals surface area contributed by atoms with Gasteiger partial charge >= 0.3 is 0 Å². The number of rotatable bonds is 4. The molecule has 84 valence electrons. The van der Waals surface area contributed by atoms with E-state index in [0.717, 1.165) is 0 Å². The quantitative estimate of drug-likeness (QED) is 0.824. The number of aliphatic hydroxyl groups is 1. The average Bonchev–Trinajstić information content (AvgIpc) is 2.76. The molecule has 0 aliphatic heterocycles. The summed E-state index contributed by atoms with van der Waals surface area (Å²) in [7, 11) is 0. The van der Waals surface area contributed by atoms with E-state index in [4.69, 9.17) is 9.63 Å². The highest BCUT2D eigenvalue weighted by atomic mass is 32.2. The second kappa shape index (κ2) is 5.14. The zero-order valence-corrected chi connectivity index (χ0v) is 9.70. The molecule has 16 heavy (non-hydrogen) atoms. The number of hydrogen-bond donors (Lipinski definition) is 1. The van der Waals surface area contributed by atoms with E-state index in [1.54, 1.807) is 11.8 Å². The van der Waals surface area contributed by atoms with Crippen LogP contribution < -0.4 is 0 Å². The second-order valence-corrected chi connectivity index (χ2v) is 4.41. The van der Waals surface area contributed by atoms with Gasteiger partial charge in [0.15, 0.2) is 5.82 Å². The minimum atomic E-state index is -0.206. The summed E-state index contributed by atoms with van der Waals surface area (Å²) >= 11 is 1.64. The summed E-state index contributed by atoms with van der Waals surface area (Å²) in [6.45, 7) is 1.85. The molecular formula is C11H12N2O2S. The van der Waals surface area contributed by atoms with Crippen LogP contribution in [0.3, 0.4) is 0 Å². The molecule has 0 unspecified atom stereocenters. The molecule has 0 saturated heterocycles. The van der Waals surface area contributed by atoms with E-state index in [9.17, 15) is 0 Å². The highest BCUT2D eigenvalue weighted by Crippen LogP contribution is 2.21. The van der Waals surface area contributed by atoms with E-state index in [1.807, 2.05) is 0 Å². The lowest BCUT2D eigenvalue weighted by atomic mass is 10.2. The van der Waals surface area contributed by atoms with Gasteiger partial charge in [0.05, 0.1) is 5.75 Å². The molecule has 0 bridgehead atoms. The molecule has 2 aromatic rings. The summed E-state index contributed by atoms with van der Waals surface area (Å²) in [4.78, 5) is 5.18. The molecule has 1 heterocycles. The van der Waals surface area contributed by atoms with Gasteiger partial charge in [0.2, 0.25) is 0 Å². The van der Waals surface area contributed by atoms with Crippen LogP contribution in [0.25, 0.3) is 0 Å². The van der Waals surface area contributed by atoms with E-state index in [2.05, 4.69) is 41.3 Å². The van der Waals surface area contributed by atoms with E-state index in [1.165, 1.54) is 10.5 Å². The molecule has 1 aromatic heterocycles. The number of aryl methyl sites for hydroxylation is 1. The molecule has 0 aliphatic carbocycles. The van der Waals surface area contributed by atoms with Crippen molar-refractivity contribution in [1.29, 1.82) is 0 Å². The normalized spacial score (nSPS) is 10.6. The van der Waals surface area contributed by atoms with Crippen LogP contribution in [-0.4, -0.2) is 15.2 Å². The molecule has 0 amide bonds. The fraction of sp³-hybridized carbons (Fsp3) is 0.273. The number of hydrogen-bond acceptors (Lipinski definition) is 5. The van der Waals surface area contributed by atoms with Crippen molar-refractivity contribution in [3.63, 3.8) is 0 Å². The number of aromatic nitrogens is 2. The van der Waals surface area contributed by atoms with Crippen LogP contribution in [0, 0.1) is 6.92 Å². The van der Waals surface area contributed by atoms with Crippen molar-refractivity contribution in [2.24, 2.45) is 0 Å². The van der Waals surface area contributed by atoms with Gasteiger partial charge in [0, 0.05) is 4.90 Å². The van der Waals surface area contributed by atoms with Gasteiger partial charge < -0.3 is 9.63 Å². The first-order valence-electron chi connectivity index (χ1n) is 4.90. The largest absolute Gasteiger partial charge is 0.387 e. The number of benzene rings is 1. The minimum Gasteiger partial charge on any atom is -0.387 e. The van der Waals surface area contributed by atoms with E-state index < -0.39 is 0 Å². The predicted molar refractivity (Wildman–Crippen MR) is 61.0 cm³/mol. The second-order valence-electron chi connectivity index (χ2n) is 3.36. The van der Waals surface area contributed by atoms with E-state index in [0.29, 0.717) is 11.6 Å². The number of aliphatic hydroxyl groups excluding tert-OH is 1. The van der Waals surface area contributed by atoms with Gasteiger partial charge in [0.1, 0.15) is 6.61 Å². The Hall–Kier alpha value is -1.33. The van der Waals surface area contributed by atoms with Crippen LogP contribution in [0.15, 0.2) is 33.7 Å². The standard InChI is InChI=1S/C11H12N2O2S/c1-8-2-4-9(5-3-8)16-7-10-12-11(6-14)15-13-10/h2-5,14H,6-7H2,1H3. The van der Waals surface area contributed by atoms with Gasteiger partial charge in [-0.3, -0.25) is 0 Å². The summed E-state index contributed by atoms with van der Waals surface area (Å²) in [5, 5.41) is 12.5. The average molecular weight is 236 g/mol. The Labute approximate surface area is 97.7 Å². The number of thioether (sulfide) groups is 1. The van der Waals surface area contributed by atoms with Crippen molar-refractivity contribution in [2.45, 2.75) is 24.2 Å². The summed E-state index contributed by atoms with van der Waals surface area (Å²) in [6, 6.07) is 8.26. The summed E-state index contributed by atoms with van der Waals surface area (Å²) < 4.78 is 4.80. The van der Waals surface area contributed by atoms with Gasteiger partial charge in [-0.25, -0.2) is 0 Å². The number of nitrogens with zero attached hydrogens (tertiary/aromatic N) is 2. The van der Waals surface area contributed by atoms with Crippen LogP contribution in [0.1, 0.15) is 17.3 Å². The molecule has 4 nitrogen and oxygen atoms in total. The zero-order valence-electron chi connectivity index (χ0n) is 8.88. The Kier molecular flexibility index (Phi) is 3.58. The first kappa shape index (κ1) is 11.2. The highest BCUT2D eigenvalue weighted by Gasteiger charge is 2.05. The maximum atomic E-state index is 8.76. The Morgan fingerprint density at radius 3 is 2.69 bits per heavy atom. The molecule has 0 radical (unpaired) electrons. The Morgan fingerprint density at radius 1 is 1.31 bits per heavy atom. The van der Waals surface area contributed by atoms with Crippen molar-refractivity contribution in [3.8, 4) is 0 Å². The molecule has 0 atom stereocenters. The Bertz CT molecular complexity index is 453. The monoisotopic (exact) mass is 236 g/mol. The SMILES string of the molecule is Cc1ccc(SCc2noc(CO)n2)cc1. The third-order valence-electron chi connectivity index (χ3n) is 2.03. The van der Waals surface area contributed by atoms with Crippen LogP contribution in [0.4, 0.5) is 0 Å². The smallest absolute Gasteiger partial charge is 0.252 e. The topological polar surface area (TPSA) is 59.2 Å². The van der Waals surface area contributed by atoms with Gasteiger partial charge in [-0.05, 0) is 19.1 Å². The molecule has 0 spiro atoms. The van der Waals surface area contributed by atoms with Crippen LogP contribution in [-0.2, 0) is 12.4 Å². The molecule has 1 aromatic carbocycles. The molecule has 2 rings (SSSR count). The Morgan fingerprint density at radius 2 is 2.06 bits per heavy atom. The fourth-order valence-corrected chi connectivity index (χ4v) is 1.94. The first-order chi connectivity index (χ1) is 7.78. The van der Waals surface area contributed by atoms with E-state index >= 15 is 0 Å². The van der Waals surface area contributed by atoms with Crippen molar-refractivity contribution in [3.05, 3.63) is 41.5 Å². The van der Waals surface area contributed by atoms with Crippen molar-refractivity contribution in [2.75, 3.05) is 0 Å². The van der Waals surface area contributed by atoms with Gasteiger partial charge in [0.25, 0.3) is 5.89 Å². The molecule has 0 fully saturated rings. The molecule has 0 saturated carbocycles. The maximum absolute atomic E-state index is 8.76. The zero-order chi connectivity index (χ0) is 11.4. The summed E-state index contributed by atoms with van der Waals surface area (Å²) in [5.74, 6) is 1.51. The first-order valence-corrected chi connectivity index (χ1v) is 5.88. The third-order valence-corrected chi connectivity index (χ3v) is 3.04. The summed E-state index contributed by atoms with van der Waals surface area (Å²) in [5.41, 5.74) is 1.24. The fourth-order valence-electron chi connectivity index (χ4n) is 1.20. The minimum absolute atomic E-state index is 0.206. The lowest BCUT2D eigenvalue weighted by Gasteiger charge is -1.98. The molecule has 5 heteroatoms. The summed E-state index contributed by atoms with van der Waals surface area (Å²) in [6.07, 6.45) is 0. The van der Waals surface area contributed by atoms with Gasteiger partial charge in [-0.2, -0.15) is 4.98 Å². The molecule has 1 N–H and O–H groups in total. The van der Waals surface area contributed by atoms with Crippen LogP contribution in [0.5, 0.6) is 0 Å². The van der Waals surface area contributed by atoms with Gasteiger partial charge in [-0.1, -0.05) is 22.9 Å². The highest BCUT2D eigenvalue weighted by molar-refractivity contribution is 7.98. The van der Waals surface area contributed by atoms with Crippen LogP contribution in [0.2, 0.25) is 0 Å². The van der Waals surface area contributed by atoms with Crippen molar-refractivity contribution >= 4 is 11.8 Å². The maximum Gasteiger partial charge on any atom is 0.252 e. The predicted octanol–water partition coefficient (Wildman–Crippen LogP) is 2.16. The lowest BCUT2D eigenvalue weighted by Crippen LogP contribution is -1.86. The Balaban J connectivity index is 1.94. The van der Waals surface area contributed by atoms with Crippen LogP contribution >= 0.6 is 11.8 Å².